The van der Waals surface area contributed by atoms with Gasteiger partial charge in [-0.25, -0.2) is 5.43 Å². The molecule has 222 valence electrons. The molecule has 0 aliphatic rings. The Kier molecular flexibility index (Phi) is 12.5. The smallest absolute Gasteiger partial charge is 0.329 e. The second kappa shape index (κ2) is 16.0. The highest BCUT2D eigenvalue weighted by atomic mass is 127. The minimum Gasteiger partial charge on any atom is -0.493 e. The molecule has 0 aliphatic carbocycles. The van der Waals surface area contributed by atoms with E-state index in [1.54, 1.807) is 43.5 Å². The maximum atomic E-state index is 12.3. The fourth-order valence-corrected chi connectivity index (χ4v) is 4.60. The Hall–Kier alpha value is -3.75. The summed E-state index contributed by atoms with van der Waals surface area (Å²) in [6, 6.07) is 13.4. The normalized spacial score (nSPS) is 10.6. The summed E-state index contributed by atoms with van der Waals surface area (Å²) >= 11 is 13.9. The number of ether oxygens (including phenoxy) is 4. The number of nitrogens with one attached hydrogen (secondary N) is 3. The highest BCUT2D eigenvalue weighted by Gasteiger charge is 2.15. The third kappa shape index (κ3) is 9.39. The molecular weight excluding hydrogens is 702 g/mol. The SMILES string of the molecule is COc1ccc(CCNC(=O)C(=O)N/N=C\c2cc(I)c(OCC(=O)Nc3ccc(Cl)c(Cl)c3)c(OC)c2)cc1OC. The van der Waals surface area contributed by atoms with Crippen molar-refractivity contribution in [3.63, 3.8) is 0 Å². The van der Waals surface area contributed by atoms with Crippen LogP contribution in [0.1, 0.15) is 11.1 Å². The summed E-state index contributed by atoms with van der Waals surface area (Å²) in [6.45, 7) is -0.0645. The molecule has 3 aromatic rings. The first-order valence-corrected chi connectivity index (χ1v) is 14.1. The second-order valence-electron chi connectivity index (χ2n) is 8.39. The van der Waals surface area contributed by atoms with E-state index >= 15 is 0 Å². The van der Waals surface area contributed by atoms with Crippen LogP contribution in [0.25, 0.3) is 0 Å². The van der Waals surface area contributed by atoms with Gasteiger partial charge in [0.1, 0.15) is 0 Å². The first-order valence-electron chi connectivity index (χ1n) is 12.2. The largest absolute Gasteiger partial charge is 0.493 e. The van der Waals surface area contributed by atoms with Crippen LogP contribution in [-0.4, -0.2) is 58.4 Å². The van der Waals surface area contributed by atoms with Crippen LogP contribution in [0.2, 0.25) is 10.0 Å². The molecule has 0 aromatic heterocycles. The van der Waals surface area contributed by atoms with Crippen LogP contribution >= 0.6 is 45.8 Å². The van der Waals surface area contributed by atoms with Crippen molar-refractivity contribution in [2.75, 3.05) is 39.8 Å². The van der Waals surface area contributed by atoms with Crippen LogP contribution in [0.4, 0.5) is 5.69 Å². The molecule has 3 N–H and O–H groups in total. The summed E-state index contributed by atoms with van der Waals surface area (Å²) < 4.78 is 22.2. The molecule has 0 bridgehead atoms. The van der Waals surface area contributed by atoms with Gasteiger partial charge in [-0.3, -0.25) is 14.4 Å². The molecule has 11 nitrogen and oxygen atoms in total. The fraction of sp³-hybridized carbons (Fsp3) is 0.214. The lowest BCUT2D eigenvalue weighted by Crippen LogP contribution is -2.38. The first kappa shape index (κ1) is 32.8. The number of carbonyl (C=O) groups is 3. The van der Waals surface area contributed by atoms with E-state index in [2.05, 4.69) is 21.2 Å². The van der Waals surface area contributed by atoms with Crippen LogP contribution in [-0.2, 0) is 20.8 Å². The third-order valence-electron chi connectivity index (χ3n) is 5.54. The predicted molar refractivity (Wildman–Crippen MR) is 168 cm³/mol. The fourth-order valence-electron chi connectivity index (χ4n) is 3.52. The van der Waals surface area contributed by atoms with E-state index in [1.165, 1.54) is 26.5 Å². The van der Waals surface area contributed by atoms with Crippen molar-refractivity contribution in [2.45, 2.75) is 6.42 Å². The van der Waals surface area contributed by atoms with Gasteiger partial charge in [-0.2, -0.15) is 5.10 Å². The summed E-state index contributed by atoms with van der Waals surface area (Å²) in [6.07, 6.45) is 1.83. The number of rotatable bonds is 12. The zero-order valence-electron chi connectivity index (χ0n) is 22.8. The van der Waals surface area contributed by atoms with Crippen LogP contribution in [0, 0.1) is 3.57 Å². The lowest BCUT2D eigenvalue weighted by atomic mass is 10.1. The van der Waals surface area contributed by atoms with Crippen molar-refractivity contribution in [2.24, 2.45) is 5.10 Å². The Morgan fingerprint density at radius 2 is 1.62 bits per heavy atom. The average Bonchev–Trinajstić information content (AvgIpc) is 2.97. The van der Waals surface area contributed by atoms with Gasteiger partial charge in [0, 0.05) is 12.2 Å². The van der Waals surface area contributed by atoms with E-state index in [4.69, 9.17) is 42.1 Å². The van der Waals surface area contributed by atoms with Crippen LogP contribution in [0.5, 0.6) is 23.0 Å². The van der Waals surface area contributed by atoms with Gasteiger partial charge in [0.25, 0.3) is 5.91 Å². The van der Waals surface area contributed by atoms with Crippen molar-refractivity contribution in [3.8, 4) is 23.0 Å². The second-order valence-corrected chi connectivity index (χ2v) is 10.4. The summed E-state index contributed by atoms with van der Waals surface area (Å²) in [7, 11) is 4.53. The van der Waals surface area contributed by atoms with Gasteiger partial charge >= 0.3 is 11.8 Å². The Labute approximate surface area is 266 Å². The van der Waals surface area contributed by atoms with Crippen LogP contribution < -0.4 is 35.0 Å². The molecule has 0 saturated carbocycles. The monoisotopic (exact) mass is 728 g/mol. The van der Waals surface area contributed by atoms with Gasteiger partial charge in [-0.1, -0.05) is 29.3 Å². The molecule has 3 amide bonds. The Morgan fingerprint density at radius 1 is 0.881 bits per heavy atom. The van der Waals surface area contributed by atoms with Gasteiger partial charge in [0.05, 0.1) is 41.2 Å². The number of methoxy groups -OCH3 is 3. The number of carbonyl (C=O) groups excluding carboxylic acids is 3. The summed E-state index contributed by atoms with van der Waals surface area (Å²) in [5, 5.41) is 9.75. The average molecular weight is 729 g/mol. The lowest BCUT2D eigenvalue weighted by Gasteiger charge is -2.13. The molecule has 0 unspecified atom stereocenters. The topological polar surface area (TPSA) is 137 Å². The number of hydrogen-bond donors (Lipinski definition) is 3. The standard InChI is InChI=1S/C28H27Cl2IN4O7/c1-39-22-7-4-16(11-23(22)40-2)8-9-32-27(37)28(38)35-33-14-17-10-21(31)26(24(12-17)41-3)42-15-25(36)34-18-5-6-19(29)20(30)13-18/h4-7,10-14H,8-9,15H2,1-3H3,(H,32,37)(H,34,36)(H,35,38)/b33-14-. The summed E-state index contributed by atoms with van der Waals surface area (Å²) in [4.78, 5) is 36.6. The third-order valence-corrected chi connectivity index (χ3v) is 7.08. The van der Waals surface area contributed by atoms with Crippen LogP contribution in [0.3, 0.4) is 0 Å². The number of hydrazone groups is 1. The number of nitrogens with zero attached hydrogens (tertiary/aromatic N) is 1. The molecule has 0 fully saturated rings. The van der Waals surface area contributed by atoms with Crippen molar-refractivity contribution in [3.05, 3.63) is 73.3 Å². The van der Waals surface area contributed by atoms with Gasteiger partial charge in [-0.15, -0.1) is 0 Å². The molecule has 0 radical (unpaired) electrons. The minimum atomic E-state index is -0.923. The van der Waals surface area contributed by atoms with E-state index in [-0.39, 0.29) is 13.2 Å². The van der Waals surface area contributed by atoms with Gasteiger partial charge in [0.15, 0.2) is 29.6 Å². The molecule has 3 aromatic carbocycles. The Morgan fingerprint density at radius 3 is 2.31 bits per heavy atom. The molecule has 0 spiro atoms. The lowest BCUT2D eigenvalue weighted by molar-refractivity contribution is -0.139. The van der Waals surface area contributed by atoms with Crippen molar-refractivity contribution >= 4 is 75.4 Å². The zero-order chi connectivity index (χ0) is 30.6. The minimum absolute atomic E-state index is 0.230. The highest BCUT2D eigenvalue weighted by Crippen LogP contribution is 2.34. The van der Waals surface area contributed by atoms with Crippen LogP contribution in [0.15, 0.2) is 53.6 Å². The maximum Gasteiger partial charge on any atom is 0.329 e. The Bertz CT molecular complexity index is 1490. The number of benzene rings is 3. The molecule has 0 heterocycles. The number of hydrogen-bond acceptors (Lipinski definition) is 8. The molecular formula is C28H27Cl2IN4O7. The van der Waals surface area contributed by atoms with E-state index in [1.807, 2.05) is 28.7 Å². The van der Waals surface area contributed by atoms with E-state index in [0.717, 1.165) is 5.56 Å². The molecule has 3 rings (SSSR count). The molecule has 0 saturated heterocycles. The maximum absolute atomic E-state index is 12.3. The molecule has 0 atom stereocenters. The predicted octanol–water partition coefficient (Wildman–Crippen LogP) is 4.45. The van der Waals surface area contributed by atoms with E-state index < -0.39 is 17.7 Å². The van der Waals surface area contributed by atoms with Gasteiger partial charge in [-0.05, 0) is 82.6 Å². The summed E-state index contributed by atoms with van der Waals surface area (Å²) in [5.74, 6) is -0.315. The number of anilines is 1. The van der Waals surface area contributed by atoms with Crippen molar-refractivity contribution < 1.29 is 33.3 Å². The number of halogens is 3. The highest BCUT2D eigenvalue weighted by molar-refractivity contribution is 14.1. The van der Waals surface area contributed by atoms with Crippen molar-refractivity contribution in [1.82, 2.24) is 10.7 Å². The zero-order valence-corrected chi connectivity index (χ0v) is 26.4. The van der Waals surface area contributed by atoms with Gasteiger partial charge < -0.3 is 29.6 Å². The van der Waals surface area contributed by atoms with E-state index in [0.29, 0.717) is 54.3 Å². The van der Waals surface area contributed by atoms with Crippen molar-refractivity contribution in [1.29, 1.82) is 0 Å². The van der Waals surface area contributed by atoms with E-state index in [9.17, 15) is 14.4 Å². The summed E-state index contributed by atoms with van der Waals surface area (Å²) in [5.41, 5.74) is 4.12. The molecule has 0 aliphatic heterocycles. The van der Waals surface area contributed by atoms with Gasteiger partial charge in [0.2, 0.25) is 0 Å². The quantitative estimate of drug-likeness (QED) is 0.109. The Balaban J connectivity index is 1.50. The first-order chi connectivity index (χ1) is 20.1. The molecule has 42 heavy (non-hydrogen) atoms. The molecule has 14 heteroatoms. The number of amides is 3.